The number of phenolic OH excluding ortho intramolecular Hbond substituents is 2. The molecule has 0 aliphatic heterocycles. The predicted molar refractivity (Wildman–Crippen MR) is 102 cm³/mol. The van der Waals surface area contributed by atoms with Gasteiger partial charge in [-0.05, 0) is 72.5 Å². The zero-order chi connectivity index (χ0) is 19.3. The van der Waals surface area contributed by atoms with Gasteiger partial charge in [-0.25, -0.2) is 0 Å². The lowest BCUT2D eigenvalue weighted by Crippen LogP contribution is -2.01. The summed E-state index contributed by atoms with van der Waals surface area (Å²) < 4.78 is 10.2. The average Bonchev–Trinajstić information content (AvgIpc) is 2.63. The van der Waals surface area contributed by atoms with Crippen LogP contribution in [0.3, 0.4) is 0 Å². The lowest BCUT2D eigenvalue weighted by Gasteiger charge is -2.07. The lowest BCUT2D eigenvalue weighted by atomic mass is 10.0. The molecule has 2 aromatic rings. The number of ether oxygens (including phenoxy) is 2. The van der Waals surface area contributed by atoms with Crippen molar-refractivity contribution in [3.63, 3.8) is 0 Å². The molecule has 0 saturated heterocycles. The maximum atomic E-state index is 12.6. The maximum Gasteiger partial charge on any atom is 0.184 e. The summed E-state index contributed by atoms with van der Waals surface area (Å²) >= 11 is 0. The minimum absolute atomic E-state index is 0.0472. The molecular formula is C21H22O5. The molecule has 2 aromatic carbocycles. The summed E-state index contributed by atoms with van der Waals surface area (Å²) in [5.74, 6) is 0.686. The molecule has 0 aliphatic carbocycles. The lowest BCUT2D eigenvalue weighted by molar-refractivity contribution is -0.112. The van der Waals surface area contributed by atoms with Gasteiger partial charge in [-0.1, -0.05) is 12.1 Å². The first-order valence-corrected chi connectivity index (χ1v) is 8.01. The number of allylic oxidation sites excluding steroid dienone is 2. The fraction of sp³-hybridized carbons (Fsp3) is 0.190. The van der Waals surface area contributed by atoms with Crippen LogP contribution in [0.15, 0.2) is 47.5 Å². The number of methoxy groups -OCH3 is 2. The first-order chi connectivity index (χ1) is 12.3. The molecule has 0 radical (unpaired) electrons. The summed E-state index contributed by atoms with van der Waals surface area (Å²) in [5, 5.41) is 19.3. The van der Waals surface area contributed by atoms with E-state index < -0.39 is 0 Å². The Hall–Kier alpha value is -3.21. The number of aromatic hydroxyl groups is 2. The number of ketones is 1. The van der Waals surface area contributed by atoms with Crippen LogP contribution in [0, 0.1) is 0 Å². The normalized spacial score (nSPS) is 12.0. The second-order valence-electron chi connectivity index (χ2n) is 5.85. The van der Waals surface area contributed by atoms with Crippen LogP contribution in [0.2, 0.25) is 0 Å². The van der Waals surface area contributed by atoms with Gasteiger partial charge < -0.3 is 19.7 Å². The molecule has 2 N–H and O–H groups in total. The van der Waals surface area contributed by atoms with Crippen LogP contribution in [0.4, 0.5) is 0 Å². The van der Waals surface area contributed by atoms with Gasteiger partial charge in [0.15, 0.2) is 28.8 Å². The molecule has 2 rings (SSSR count). The highest BCUT2D eigenvalue weighted by atomic mass is 16.5. The molecule has 136 valence electrons. The van der Waals surface area contributed by atoms with Gasteiger partial charge in [0.2, 0.25) is 0 Å². The molecule has 0 bridgehead atoms. The van der Waals surface area contributed by atoms with Crippen LogP contribution in [0.1, 0.15) is 25.0 Å². The number of Topliss-reactive ketones (excluding diaryl/α,β-unsaturated/α-hetero) is 1. The van der Waals surface area contributed by atoms with E-state index in [4.69, 9.17) is 9.47 Å². The monoisotopic (exact) mass is 354 g/mol. The highest BCUT2D eigenvalue weighted by molar-refractivity contribution is 6.12. The Morgan fingerprint density at radius 1 is 0.808 bits per heavy atom. The Bertz CT molecular complexity index is 806. The Balaban J connectivity index is 2.26. The van der Waals surface area contributed by atoms with E-state index in [2.05, 4.69) is 0 Å². The summed E-state index contributed by atoms with van der Waals surface area (Å²) in [6.45, 7) is 3.47. The van der Waals surface area contributed by atoms with Crippen LogP contribution in [0.25, 0.3) is 12.2 Å². The third-order valence-corrected chi connectivity index (χ3v) is 3.89. The molecule has 0 aromatic heterocycles. The number of rotatable bonds is 6. The van der Waals surface area contributed by atoms with Crippen LogP contribution < -0.4 is 9.47 Å². The Kier molecular flexibility index (Phi) is 6.07. The molecule has 0 spiro atoms. The van der Waals surface area contributed by atoms with Crippen molar-refractivity contribution in [2.75, 3.05) is 14.2 Å². The van der Waals surface area contributed by atoms with Gasteiger partial charge in [0.1, 0.15) is 0 Å². The van der Waals surface area contributed by atoms with Gasteiger partial charge in [-0.2, -0.15) is 0 Å². The van der Waals surface area contributed by atoms with E-state index in [9.17, 15) is 15.0 Å². The minimum Gasteiger partial charge on any atom is -0.504 e. The molecule has 0 fully saturated rings. The number of phenols is 2. The molecule has 0 amide bonds. The zero-order valence-corrected chi connectivity index (χ0v) is 15.2. The number of carbonyl (C=O) groups excluding carboxylic acids is 1. The third kappa shape index (κ3) is 4.45. The number of benzene rings is 2. The van der Waals surface area contributed by atoms with Gasteiger partial charge in [0.25, 0.3) is 0 Å². The Labute approximate surface area is 152 Å². The van der Waals surface area contributed by atoms with Crippen LogP contribution in [-0.2, 0) is 4.79 Å². The van der Waals surface area contributed by atoms with Gasteiger partial charge in [-0.3, -0.25) is 4.79 Å². The second kappa shape index (κ2) is 8.25. The van der Waals surface area contributed by atoms with Crippen molar-refractivity contribution in [3.8, 4) is 23.0 Å². The largest absolute Gasteiger partial charge is 0.504 e. The standard InChI is InChI=1S/C21H22O5/c1-13(9-15-5-7-17(22)19(11-15)25-3)21(24)14(2)10-16-6-8-18(23)20(12-16)26-4/h5-12,22-23H,1-4H3. The number of carbonyl (C=O) groups is 1. The molecule has 0 aliphatic rings. The third-order valence-electron chi connectivity index (χ3n) is 3.89. The van der Waals surface area contributed by atoms with E-state index in [1.165, 1.54) is 26.4 Å². The van der Waals surface area contributed by atoms with Crippen molar-refractivity contribution in [1.29, 1.82) is 0 Å². The predicted octanol–water partition coefficient (Wildman–Crippen LogP) is 4.19. The van der Waals surface area contributed by atoms with E-state index >= 15 is 0 Å². The van der Waals surface area contributed by atoms with Gasteiger partial charge in [0.05, 0.1) is 14.2 Å². The zero-order valence-electron chi connectivity index (χ0n) is 15.2. The first-order valence-electron chi connectivity index (χ1n) is 8.01. The van der Waals surface area contributed by atoms with Crippen molar-refractivity contribution >= 4 is 17.9 Å². The van der Waals surface area contributed by atoms with Gasteiger partial charge in [-0.15, -0.1) is 0 Å². The topological polar surface area (TPSA) is 76.0 Å². The van der Waals surface area contributed by atoms with Crippen molar-refractivity contribution < 1.29 is 24.5 Å². The number of hydrogen-bond acceptors (Lipinski definition) is 5. The summed E-state index contributed by atoms with van der Waals surface area (Å²) in [6.07, 6.45) is 3.47. The summed E-state index contributed by atoms with van der Waals surface area (Å²) in [4.78, 5) is 12.6. The van der Waals surface area contributed by atoms with Crippen molar-refractivity contribution in [2.45, 2.75) is 13.8 Å². The van der Waals surface area contributed by atoms with Crippen molar-refractivity contribution in [1.82, 2.24) is 0 Å². The van der Waals surface area contributed by atoms with E-state index in [1.54, 1.807) is 50.3 Å². The van der Waals surface area contributed by atoms with E-state index in [1.807, 2.05) is 0 Å². The molecule has 0 atom stereocenters. The summed E-state index contributed by atoms with van der Waals surface area (Å²) in [6, 6.07) is 9.78. The molecule has 0 heterocycles. The fourth-order valence-electron chi connectivity index (χ4n) is 2.51. The SMILES string of the molecule is COc1cc(C=C(C)C(=O)C(C)=Cc2ccc(O)c(OC)c2)ccc1O. The summed E-state index contributed by atoms with van der Waals surface area (Å²) in [5.41, 5.74) is 2.61. The van der Waals surface area contributed by atoms with E-state index in [-0.39, 0.29) is 17.3 Å². The Morgan fingerprint density at radius 3 is 1.54 bits per heavy atom. The first kappa shape index (κ1) is 19.1. The van der Waals surface area contributed by atoms with E-state index in [0.717, 1.165) is 11.1 Å². The highest BCUT2D eigenvalue weighted by Crippen LogP contribution is 2.29. The van der Waals surface area contributed by atoms with E-state index in [0.29, 0.717) is 22.6 Å². The summed E-state index contributed by atoms with van der Waals surface area (Å²) in [7, 11) is 2.94. The smallest absolute Gasteiger partial charge is 0.184 e. The molecule has 0 unspecified atom stereocenters. The molecule has 0 saturated carbocycles. The Morgan fingerprint density at radius 2 is 1.19 bits per heavy atom. The second-order valence-corrected chi connectivity index (χ2v) is 5.85. The van der Waals surface area contributed by atoms with Crippen LogP contribution >= 0.6 is 0 Å². The van der Waals surface area contributed by atoms with Crippen molar-refractivity contribution in [3.05, 3.63) is 58.7 Å². The highest BCUT2D eigenvalue weighted by Gasteiger charge is 2.09. The fourth-order valence-corrected chi connectivity index (χ4v) is 2.51. The quantitative estimate of drug-likeness (QED) is 0.761. The molecular weight excluding hydrogens is 332 g/mol. The maximum absolute atomic E-state index is 12.6. The minimum atomic E-state index is -0.107. The van der Waals surface area contributed by atoms with Crippen LogP contribution in [0.5, 0.6) is 23.0 Å². The van der Waals surface area contributed by atoms with Gasteiger partial charge in [0, 0.05) is 0 Å². The molecule has 5 heteroatoms. The average molecular weight is 354 g/mol. The molecule has 26 heavy (non-hydrogen) atoms. The van der Waals surface area contributed by atoms with Crippen LogP contribution in [-0.4, -0.2) is 30.2 Å². The molecule has 5 nitrogen and oxygen atoms in total. The van der Waals surface area contributed by atoms with Crippen molar-refractivity contribution in [2.24, 2.45) is 0 Å². The van der Waals surface area contributed by atoms with Gasteiger partial charge >= 0.3 is 0 Å². The number of hydrogen-bond donors (Lipinski definition) is 2.